The molecule has 0 amide bonds. The summed E-state index contributed by atoms with van der Waals surface area (Å²) in [7, 11) is 0. The van der Waals surface area contributed by atoms with Crippen LogP contribution in [-0.4, -0.2) is 18.5 Å². The molecule has 0 unspecified atom stereocenters. The Morgan fingerprint density at radius 1 is 1.22 bits per heavy atom. The standard InChI is InChI=1S/C7H12O2/c1-4-7-8-5(2)6(3)9-7/h4-7H,1H2,2-3H3/t5-,6-/m1/s1. The summed E-state index contributed by atoms with van der Waals surface area (Å²) in [4.78, 5) is 0. The van der Waals surface area contributed by atoms with E-state index in [4.69, 9.17) is 9.47 Å². The first-order chi connectivity index (χ1) is 4.24. The zero-order valence-electron chi connectivity index (χ0n) is 5.83. The van der Waals surface area contributed by atoms with Crippen molar-refractivity contribution in [3.05, 3.63) is 12.7 Å². The van der Waals surface area contributed by atoms with Crippen LogP contribution in [0.25, 0.3) is 0 Å². The molecule has 2 heteroatoms. The quantitative estimate of drug-likeness (QED) is 0.496. The summed E-state index contributed by atoms with van der Waals surface area (Å²) < 4.78 is 10.6. The Morgan fingerprint density at radius 2 is 1.67 bits per heavy atom. The molecule has 0 aromatic carbocycles. The maximum atomic E-state index is 5.28. The van der Waals surface area contributed by atoms with Gasteiger partial charge in [-0.15, -0.1) is 0 Å². The molecule has 1 rings (SSSR count). The zero-order chi connectivity index (χ0) is 6.85. The first-order valence-corrected chi connectivity index (χ1v) is 3.17. The van der Waals surface area contributed by atoms with Gasteiger partial charge < -0.3 is 9.47 Å². The van der Waals surface area contributed by atoms with Gasteiger partial charge in [0.05, 0.1) is 12.2 Å². The molecule has 0 saturated carbocycles. The van der Waals surface area contributed by atoms with Crippen molar-refractivity contribution in [3.8, 4) is 0 Å². The molecule has 2 atom stereocenters. The van der Waals surface area contributed by atoms with Gasteiger partial charge in [0.2, 0.25) is 0 Å². The van der Waals surface area contributed by atoms with Crippen molar-refractivity contribution in [3.63, 3.8) is 0 Å². The molecule has 0 radical (unpaired) electrons. The van der Waals surface area contributed by atoms with Crippen LogP contribution in [0.2, 0.25) is 0 Å². The molecule has 0 aromatic rings. The topological polar surface area (TPSA) is 18.5 Å². The average molecular weight is 128 g/mol. The fourth-order valence-corrected chi connectivity index (χ4v) is 0.788. The predicted octanol–water partition coefficient (Wildman–Crippen LogP) is 1.32. The van der Waals surface area contributed by atoms with Gasteiger partial charge in [-0.1, -0.05) is 6.58 Å². The number of hydrogen-bond donors (Lipinski definition) is 0. The summed E-state index contributed by atoms with van der Waals surface area (Å²) in [5, 5.41) is 0. The van der Waals surface area contributed by atoms with Crippen LogP contribution in [-0.2, 0) is 9.47 Å². The molecule has 1 fully saturated rings. The van der Waals surface area contributed by atoms with Crippen molar-refractivity contribution in [2.45, 2.75) is 32.3 Å². The maximum absolute atomic E-state index is 5.28. The van der Waals surface area contributed by atoms with Gasteiger partial charge in [0.15, 0.2) is 6.29 Å². The van der Waals surface area contributed by atoms with Crippen LogP contribution in [0.4, 0.5) is 0 Å². The smallest absolute Gasteiger partial charge is 0.177 e. The monoisotopic (exact) mass is 128 g/mol. The lowest BCUT2D eigenvalue weighted by atomic mass is 10.3. The van der Waals surface area contributed by atoms with E-state index in [0.29, 0.717) is 0 Å². The van der Waals surface area contributed by atoms with Crippen LogP contribution in [0.5, 0.6) is 0 Å². The van der Waals surface area contributed by atoms with E-state index in [0.717, 1.165) is 0 Å². The van der Waals surface area contributed by atoms with Gasteiger partial charge in [-0.25, -0.2) is 0 Å². The third-order valence-corrected chi connectivity index (χ3v) is 1.55. The minimum atomic E-state index is -0.185. The third kappa shape index (κ3) is 1.32. The highest BCUT2D eigenvalue weighted by atomic mass is 16.7. The Kier molecular flexibility index (Phi) is 1.88. The predicted molar refractivity (Wildman–Crippen MR) is 35.1 cm³/mol. The van der Waals surface area contributed by atoms with E-state index in [1.54, 1.807) is 6.08 Å². The summed E-state index contributed by atoms with van der Waals surface area (Å²) in [6.07, 6.45) is 1.89. The first kappa shape index (κ1) is 6.78. The van der Waals surface area contributed by atoms with Crippen LogP contribution in [0, 0.1) is 0 Å². The molecule has 52 valence electrons. The Hall–Kier alpha value is -0.340. The third-order valence-electron chi connectivity index (χ3n) is 1.55. The summed E-state index contributed by atoms with van der Waals surface area (Å²) in [6, 6.07) is 0. The van der Waals surface area contributed by atoms with Gasteiger partial charge in [0.1, 0.15) is 0 Å². The molecule has 1 saturated heterocycles. The van der Waals surface area contributed by atoms with Crippen LogP contribution >= 0.6 is 0 Å². The van der Waals surface area contributed by atoms with Gasteiger partial charge in [-0.3, -0.25) is 0 Å². The van der Waals surface area contributed by atoms with E-state index >= 15 is 0 Å². The molecule has 9 heavy (non-hydrogen) atoms. The van der Waals surface area contributed by atoms with E-state index in [2.05, 4.69) is 6.58 Å². The van der Waals surface area contributed by atoms with Crippen molar-refractivity contribution in [2.24, 2.45) is 0 Å². The molecule has 1 aliphatic heterocycles. The molecule has 1 heterocycles. The van der Waals surface area contributed by atoms with Gasteiger partial charge in [0.25, 0.3) is 0 Å². The average Bonchev–Trinajstić information content (AvgIpc) is 2.13. The molecule has 0 aliphatic carbocycles. The Morgan fingerprint density at radius 3 is 1.89 bits per heavy atom. The Bertz CT molecular complexity index is 101. The minimum Gasteiger partial charge on any atom is -0.343 e. The molecule has 1 aliphatic rings. The molecule has 0 bridgehead atoms. The Balaban J connectivity index is 2.43. The number of hydrogen-bond acceptors (Lipinski definition) is 2. The second-order valence-corrected chi connectivity index (χ2v) is 2.29. The fraction of sp³-hybridized carbons (Fsp3) is 0.714. The maximum Gasteiger partial charge on any atom is 0.177 e. The van der Waals surface area contributed by atoms with E-state index in [1.807, 2.05) is 13.8 Å². The molecule has 0 spiro atoms. The fourth-order valence-electron chi connectivity index (χ4n) is 0.788. The lowest BCUT2D eigenvalue weighted by Crippen LogP contribution is -2.13. The normalized spacial score (nSPS) is 37.1. The van der Waals surface area contributed by atoms with E-state index in [9.17, 15) is 0 Å². The first-order valence-electron chi connectivity index (χ1n) is 3.17. The van der Waals surface area contributed by atoms with E-state index in [-0.39, 0.29) is 18.5 Å². The number of rotatable bonds is 1. The van der Waals surface area contributed by atoms with Crippen LogP contribution < -0.4 is 0 Å². The largest absolute Gasteiger partial charge is 0.343 e. The zero-order valence-corrected chi connectivity index (χ0v) is 5.83. The molecule has 0 aromatic heterocycles. The second kappa shape index (κ2) is 2.50. The molecule has 0 N–H and O–H groups in total. The number of ether oxygens (including phenoxy) is 2. The van der Waals surface area contributed by atoms with Crippen molar-refractivity contribution >= 4 is 0 Å². The van der Waals surface area contributed by atoms with E-state index < -0.39 is 0 Å². The van der Waals surface area contributed by atoms with Gasteiger partial charge in [-0.2, -0.15) is 0 Å². The van der Waals surface area contributed by atoms with Crippen molar-refractivity contribution in [2.75, 3.05) is 0 Å². The van der Waals surface area contributed by atoms with E-state index in [1.165, 1.54) is 0 Å². The highest BCUT2D eigenvalue weighted by Crippen LogP contribution is 2.18. The van der Waals surface area contributed by atoms with Crippen LogP contribution in [0.1, 0.15) is 13.8 Å². The second-order valence-electron chi connectivity index (χ2n) is 2.29. The Labute approximate surface area is 55.5 Å². The SMILES string of the molecule is C=CC1O[C@H](C)[C@@H](C)O1. The summed E-state index contributed by atoms with van der Waals surface area (Å²) >= 11 is 0. The van der Waals surface area contributed by atoms with Crippen LogP contribution in [0.15, 0.2) is 12.7 Å². The summed E-state index contributed by atoms with van der Waals surface area (Å²) in [6.45, 7) is 7.55. The van der Waals surface area contributed by atoms with Crippen molar-refractivity contribution in [1.29, 1.82) is 0 Å². The van der Waals surface area contributed by atoms with Crippen molar-refractivity contribution < 1.29 is 9.47 Å². The lowest BCUT2D eigenvalue weighted by Gasteiger charge is -2.02. The van der Waals surface area contributed by atoms with Gasteiger partial charge >= 0.3 is 0 Å². The van der Waals surface area contributed by atoms with Gasteiger partial charge in [0, 0.05) is 0 Å². The van der Waals surface area contributed by atoms with Crippen molar-refractivity contribution in [1.82, 2.24) is 0 Å². The van der Waals surface area contributed by atoms with Crippen LogP contribution in [0.3, 0.4) is 0 Å². The summed E-state index contributed by atoms with van der Waals surface area (Å²) in [5.74, 6) is 0. The molecular formula is C7H12O2. The lowest BCUT2D eigenvalue weighted by molar-refractivity contribution is -0.0240. The summed E-state index contributed by atoms with van der Waals surface area (Å²) in [5.41, 5.74) is 0. The minimum absolute atomic E-state index is 0.185. The molecular weight excluding hydrogens is 116 g/mol. The molecule has 2 nitrogen and oxygen atoms in total. The highest BCUT2D eigenvalue weighted by molar-refractivity contribution is 4.80. The highest BCUT2D eigenvalue weighted by Gasteiger charge is 2.26. The van der Waals surface area contributed by atoms with Gasteiger partial charge in [-0.05, 0) is 19.9 Å².